The first kappa shape index (κ1) is 22.5. The number of carbonyl (C=O) groups excluding carboxylic acids is 1. The van der Waals surface area contributed by atoms with E-state index >= 15 is 0 Å². The van der Waals surface area contributed by atoms with Crippen LogP contribution in [-0.4, -0.2) is 10.9 Å². The van der Waals surface area contributed by atoms with Crippen molar-refractivity contribution < 1.29 is 9.21 Å². The molecular weight excluding hydrogens is 387 g/mol. The number of hydrogen-bond donors (Lipinski definition) is 3. The van der Waals surface area contributed by atoms with Crippen LogP contribution in [0.1, 0.15) is 34.6 Å². The second-order valence-electron chi connectivity index (χ2n) is 5.71. The maximum atomic E-state index is 12.5. The molecule has 1 aromatic carbocycles. The number of amides is 1. The Labute approximate surface area is 170 Å². The Bertz CT molecular complexity index is 840. The molecule has 3 rings (SSSR count). The molecule has 1 atom stereocenters. The monoisotopic (exact) mass is 408 g/mol. The van der Waals surface area contributed by atoms with Crippen LogP contribution in [0.2, 0.25) is 0 Å². The number of rotatable bonds is 6. The van der Waals surface area contributed by atoms with Crippen molar-refractivity contribution in [3.05, 3.63) is 78.0 Å². The van der Waals surface area contributed by atoms with Crippen molar-refractivity contribution in [2.75, 3.05) is 10.6 Å². The Morgan fingerprint density at radius 3 is 2.56 bits per heavy atom. The van der Waals surface area contributed by atoms with E-state index in [0.717, 1.165) is 17.0 Å². The van der Waals surface area contributed by atoms with E-state index in [9.17, 15) is 4.79 Å². The lowest BCUT2D eigenvalue weighted by Crippen LogP contribution is -2.15. The Balaban J connectivity index is 0.00000182. The van der Waals surface area contributed by atoms with Gasteiger partial charge in [0.2, 0.25) is 0 Å². The molecule has 0 bridgehead atoms. The summed E-state index contributed by atoms with van der Waals surface area (Å²) in [7, 11) is 0. The number of nitrogens with one attached hydrogen (secondary N) is 2. The largest absolute Gasteiger partial charge is 0.467 e. The zero-order chi connectivity index (χ0) is 17.6. The highest BCUT2D eigenvalue weighted by atomic mass is 35.5. The van der Waals surface area contributed by atoms with Crippen LogP contribution in [-0.2, 0) is 6.54 Å². The number of nitrogens with zero attached hydrogens (tertiary/aromatic N) is 1. The van der Waals surface area contributed by atoms with Gasteiger partial charge in [-0.15, -0.1) is 24.8 Å². The van der Waals surface area contributed by atoms with Crippen LogP contribution in [0.25, 0.3) is 0 Å². The van der Waals surface area contributed by atoms with Crippen molar-refractivity contribution in [1.82, 2.24) is 4.98 Å². The third-order valence-corrected chi connectivity index (χ3v) is 3.78. The Hall–Kier alpha value is -2.54. The van der Waals surface area contributed by atoms with Gasteiger partial charge in [-0.05, 0) is 48.9 Å². The molecule has 0 fully saturated rings. The molecule has 0 radical (unpaired) electrons. The summed E-state index contributed by atoms with van der Waals surface area (Å²) in [6.07, 6.45) is 4.89. The van der Waals surface area contributed by atoms with Gasteiger partial charge in [-0.1, -0.05) is 6.07 Å². The zero-order valence-electron chi connectivity index (χ0n) is 14.7. The minimum Gasteiger partial charge on any atom is -0.467 e. The van der Waals surface area contributed by atoms with Crippen LogP contribution in [0.3, 0.4) is 0 Å². The lowest BCUT2D eigenvalue weighted by Gasteiger charge is -2.16. The van der Waals surface area contributed by atoms with Gasteiger partial charge in [0.25, 0.3) is 5.91 Å². The molecule has 6 nitrogen and oxygen atoms in total. The molecule has 0 saturated heterocycles. The number of carbonyl (C=O) groups is 1. The van der Waals surface area contributed by atoms with Crippen molar-refractivity contribution in [2.45, 2.75) is 19.5 Å². The van der Waals surface area contributed by atoms with Crippen molar-refractivity contribution in [2.24, 2.45) is 5.73 Å². The molecule has 2 aromatic heterocycles. The maximum absolute atomic E-state index is 12.5. The highest BCUT2D eigenvalue weighted by molar-refractivity contribution is 6.04. The summed E-state index contributed by atoms with van der Waals surface area (Å²) < 4.78 is 5.33. The third kappa shape index (κ3) is 5.99. The van der Waals surface area contributed by atoms with E-state index in [1.54, 1.807) is 42.9 Å². The standard InChI is InChI=1S/C19H20N4O2.2ClH/c1-13(20)17-5-4-14(19(24)23-15-6-8-21-9-7-15)11-18(17)22-12-16-3-2-10-25-16;;/h2-11,13,22H,12,20H2,1H3,(H,21,23,24);2*1H. The highest BCUT2D eigenvalue weighted by Crippen LogP contribution is 2.24. The number of aromatic nitrogens is 1. The lowest BCUT2D eigenvalue weighted by atomic mass is 10.0. The van der Waals surface area contributed by atoms with Crippen LogP contribution >= 0.6 is 24.8 Å². The molecule has 0 aliphatic heterocycles. The SMILES string of the molecule is CC(N)c1ccc(C(=O)Nc2ccncc2)cc1NCc1ccco1.Cl.Cl. The van der Waals surface area contributed by atoms with Crippen LogP contribution in [0, 0.1) is 0 Å². The molecule has 144 valence electrons. The summed E-state index contributed by atoms with van der Waals surface area (Å²) in [4.78, 5) is 16.4. The fraction of sp³-hybridized carbons (Fsp3) is 0.158. The molecule has 3 aromatic rings. The van der Waals surface area contributed by atoms with E-state index in [4.69, 9.17) is 10.2 Å². The van der Waals surface area contributed by atoms with E-state index in [-0.39, 0.29) is 36.8 Å². The average molecular weight is 409 g/mol. The molecule has 1 amide bonds. The first-order chi connectivity index (χ1) is 12.1. The third-order valence-electron chi connectivity index (χ3n) is 3.78. The van der Waals surface area contributed by atoms with Gasteiger partial charge in [0.05, 0.1) is 12.8 Å². The number of furan rings is 1. The molecule has 8 heteroatoms. The summed E-state index contributed by atoms with van der Waals surface area (Å²) >= 11 is 0. The van der Waals surface area contributed by atoms with Crippen LogP contribution in [0.5, 0.6) is 0 Å². The second-order valence-corrected chi connectivity index (χ2v) is 5.71. The summed E-state index contributed by atoms with van der Waals surface area (Å²) in [6.45, 7) is 2.42. The van der Waals surface area contributed by atoms with Gasteiger partial charge in [0.1, 0.15) is 5.76 Å². The molecule has 0 aliphatic carbocycles. The van der Waals surface area contributed by atoms with Crippen LogP contribution < -0.4 is 16.4 Å². The molecule has 0 spiro atoms. The molecule has 4 N–H and O–H groups in total. The quantitative estimate of drug-likeness (QED) is 0.561. The summed E-state index contributed by atoms with van der Waals surface area (Å²) in [5.41, 5.74) is 9.03. The number of pyridine rings is 1. The maximum Gasteiger partial charge on any atom is 0.255 e. The highest BCUT2D eigenvalue weighted by Gasteiger charge is 2.12. The van der Waals surface area contributed by atoms with Gasteiger partial charge in [-0.25, -0.2) is 0 Å². The number of halogens is 2. The molecule has 0 saturated carbocycles. The van der Waals surface area contributed by atoms with Gasteiger partial charge in [0, 0.05) is 35.4 Å². The lowest BCUT2D eigenvalue weighted by molar-refractivity contribution is 0.102. The molecule has 1 unspecified atom stereocenters. The predicted molar refractivity (Wildman–Crippen MR) is 112 cm³/mol. The second kappa shape index (κ2) is 10.6. The van der Waals surface area contributed by atoms with Crippen LogP contribution in [0.15, 0.2) is 65.5 Å². The zero-order valence-corrected chi connectivity index (χ0v) is 16.3. The van der Waals surface area contributed by atoms with Crippen molar-refractivity contribution in [3.8, 4) is 0 Å². The van der Waals surface area contributed by atoms with E-state index in [1.165, 1.54) is 0 Å². The minimum atomic E-state index is -0.191. The Morgan fingerprint density at radius 2 is 1.93 bits per heavy atom. The fourth-order valence-corrected chi connectivity index (χ4v) is 2.48. The van der Waals surface area contributed by atoms with Crippen LogP contribution in [0.4, 0.5) is 11.4 Å². The van der Waals surface area contributed by atoms with Gasteiger partial charge in [-0.3, -0.25) is 9.78 Å². The van der Waals surface area contributed by atoms with E-state index in [0.29, 0.717) is 17.8 Å². The summed E-state index contributed by atoms with van der Waals surface area (Å²) in [6, 6.07) is 12.5. The smallest absolute Gasteiger partial charge is 0.255 e. The van der Waals surface area contributed by atoms with Gasteiger partial charge < -0.3 is 20.8 Å². The van der Waals surface area contributed by atoms with Crippen molar-refractivity contribution in [1.29, 1.82) is 0 Å². The minimum absolute atomic E-state index is 0. The number of benzene rings is 1. The average Bonchev–Trinajstić information content (AvgIpc) is 3.14. The molecule has 2 heterocycles. The Morgan fingerprint density at radius 1 is 1.19 bits per heavy atom. The van der Waals surface area contributed by atoms with Gasteiger partial charge in [0.15, 0.2) is 0 Å². The number of anilines is 2. The van der Waals surface area contributed by atoms with Gasteiger partial charge >= 0.3 is 0 Å². The predicted octanol–water partition coefficient (Wildman–Crippen LogP) is 4.40. The summed E-state index contributed by atoms with van der Waals surface area (Å²) in [5.74, 6) is 0.616. The Kier molecular flexibility index (Phi) is 8.81. The molecule has 0 aliphatic rings. The van der Waals surface area contributed by atoms with Crippen molar-refractivity contribution >= 4 is 42.1 Å². The molecule has 27 heavy (non-hydrogen) atoms. The van der Waals surface area contributed by atoms with E-state index < -0.39 is 0 Å². The van der Waals surface area contributed by atoms with Gasteiger partial charge in [-0.2, -0.15) is 0 Å². The number of nitrogens with two attached hydrogens (primary N) is 1. The topological polar surface area (TPSA) is 93.2 Å². The van der Waals surface area contributed by atoms with E-state index in [1.807, 2.05) is 25.1 Å². The summed E-state index contributed by atoms with van der Waals surface area (Å²) in [5, 5.41) is 6.14. The fourth-order valence-electron chi connectivity index (χ4n) is 2.48. The molecular formula is C19H22Cl2N4O2. The van der Waals surface area contributed by atoms with Crippen molar-refractivity contribution in [3.63, 3.8) is 0 Å². The first-order valence-corrected chi connectivity index (χ1v) is 8.00. The normalized spacial score (nSPS) is 10.9. The number of hydrogen-bond acceptors (Lipinski definition) is 5. The van der Waals surface area contributed by atoms with E-state index in [2.05, 4.69) is 15.6 Å². The first-order valence-electron chi connectivity index (χ1n) is 8.00.